The number of hydrogen-bond donors (Lipinski definition) is 0. The molecule has 0 spiro atoms. The second-order valence-corrected chi connectivity index (χ2v) is 0.427. The second kappa shape index (κ2) is 2.61. The summed E-state index contributed by atoms with van der Waals surface area (Å²) in [7, 11) is 0. The Balaban J connectivity index is 3.26. The minimum Gasteiger partial charge on any atom is 0.0211 e. The molecule has 0 heteroatoms. The summed E-state index contributed by atoms with van der Waals surface area (Å²) in [6.07, 6.45) is 0.231. The molecule has 0 heterocycles. The Bertz CT molecular complexity index is 56.6. The number of rotatable bonds is 1. The Hall–Kier alpha value is -0.390. The van der Waals surface area contributed by atoms with E-state index in [9.17, 15) is 0 Å². The zero-order chi connectivity index (χ0) is 5.15. The maximum Gasteiger partial charge on any atom is 0.192 e. The Morgan fingerprint density at radius 2 is 3.00 bits per heavy atom. The lowest BCUT2D eigenvalue weighted by Gasteiger charge is -1.46. The van der Waals surface area contributed by atoms with Crippen LogP contribution in [0, 0.1) is 6.40 Å². The van der Waals surface area contributed by atoms with Crippen LogP contribution in [0.5, 0.6) is 0 Å². The molecule has 0 N–H and O–H groups in total. The highest BCUT2D eigenvalue weighted by atomic mass is 13.5. The smallest absolute Gasteiger partial charge is 0.0211 e. The summed E-state index contributed by atoms with van der Waals surface area (Å²) in [4.78, 5) is 0. The van der Waals surface area contributed by atoms with E-state index < -0.39 is 0 Å². The average molecular weight is 57.1 g/mol. The lowest BCUT2D eigenvalue weighted by Crippen LogP contribution is -1.39. The van der Waals surface area contributed by atoms with E-state index in [0.29, 0.717) is 0 Å². The van der Waals surface area contributed by atoms with Crippen LogP contribution in [0.3, 0.4) is 0 Å². The third-order valence-electron chi connectivity index (χ3n) is 0.177. The van der Waals surface area contributed by atoms with Gasteiger partial charge in [0.2, 0.25) is 0 Å². The van der Waals surface area contributed by atoms with E-state index in [0.717, 1.165) is 0 Å². The molecule has 0 aliphatic rings. The van der Waals surface area contributed by atoms with Crippen molar-refractivity contribution in [2.75, 3.05) is 0 Å². The Morgan fingerprint density at radius 1 is 2.75 bits per heavy atom. The third kappa shape index (κ3) is 1.61. The van der Waals surface area contributed by atoms with Gasteiger partial charge in [-0.05, 0) is 0 Å². The number of hydrogen-bond acceptors (Lipinski definition) is 0. The summed E-state index contributed by atoms with van der Waals surface area (Å²) >= 11 is 0. The zero-order valence-corrected chi connectivity index (χ0v) is 2.71. The zero-order valence-electron chi connectivity index (χ0n) is 4.71. The SMILES string of the molecule is [2H]C(=C)[C+]([2H])C. The monoisotopic (exact) mass is 57.1 g/mol. The van der Waals surface area contributed by atoms with Gasteiger partial charge in [0, 0.05) is 19.9 Å². The molecule has 0 nitrogen and oxygen atoms in total. The van der Waals surface area contributed by atoms with Crippen LogP contribution in [0.4, 0.5) is 0 Å². The van der Waals surface area contributed by atoms with Crippen molar-refractivity contribution in [1.29, 1.82) is 0 Å². The fourth-order valence-corrected chi connectivity index (χ4v) is 0. The van der Waals surface area contributed by atoms with Crippen molar-refractivity contribution in [3.05, 3.63) is 19.0 Å². The molecule has 0 rings (SSSR count). The molecular formula is C4H7+. The summed E-state index contributed by atoms with van der Waals surface area (Å²) < 4.78 is 13.3. The van der Waals surface area contributed by atoms with Crippen LogP contribution in [-0.2, 0) is 0 Å². The standard InChI is InChI=1S/C4H7/c1-3-4-2/h3-4H,1H2,2H3/q+1/i3D,4D. The molecule has 22 valence electrons. The minimum absolute atomic E-state index is 0.0926. The van der Waals surface area contributed by atoms with Crippen molar-refractivity contribution >= 4 is 0 Å². The molecule has 0 aliphatic heterocycles. The molecule has 0 amide bonds. The van der Waals surface area contributed by atoms with E-state index in [1.54, 1.807) is 0 Å². The van der Waals surface area contributed by atoms with E-state index in [1.165, 1.54) is 6.92 Å². The molecule has 0 radical (unpaired) electrons. The van der Waals surface area contributed by atoms with Crippen LogP contribution in [-0.4, -0.2) is 0 Å². The van der Waals surface area contributed by atoms with Gasteiger partial charge in [-0.25, -0.2) is 0 Å². The van der Waals surface area contributed by atoms with Crippen LogP contribution in [0.2, 0.25) is 0 Å². The van der Waals surface area contributed by atoms with E-state index in [-0.39, 0.29) is 12.4 Å². The highest BCUT2D eigenvalue weighted by Gasteiger charge is 1.56. The first-order valence-corrected chi connectivity index (χ1v) is 1.10. The van der Waals surface area contributed by atoms with Crippen molar-refractivity contribution in [3.8, 4) is 0 Å². The second-order valence-electron chi connectivity index (χ2n) is 0.427. The maximum atomic E-state index is 6.66. The van der Waals surface area contributed by atoms with Crippen LogP contribution in [0.15, 0.2) is 12.6 Å². The lowest BCUT2D eigenvalue weighted by atomic mass is 10.5. The highest BCUT2D eigenvalue weighted by Crippen LogP contribution is 1.63. The van der Waals surface area contributed by atoms with Crippen molar-refractivity contribution in [3.63, 3.8) is 0 Å². The van der Waals surface area contributed by atoms with Crippen LogP contribution in [0.1, 0.15) is 9.67 Å². The fourth-order valence-electron chi connectivity index (χ4n) is 0. The molecule has 0 saturated carbocycles. The Kier molecular flexibility index (Phi) is 0.755. The van der Waals surface area contributed by atoms with Gasteiger partial charge in [-0.15, -0.1) is 0 Å². The van der Waals surface area contributed by atoms with Gasteiger partial charge in [-0.3, -0.25) is 0 Å². The van der Waals surface area contributed by atoms with Gasteiger partial charge in [0.15, 0.2) is 1.37 Å². The van der Waals surface area contributed by atoms with Gasteiger partial charge >= 0.3 is 0 Å². The van der Waals surface area contributed by atoms with Gasteiger partial charge in [0.05, 0.1) is 6.05 Å². The first-order valence-electron chi connectivity index (χ1n) is 2.10. The molecule has 0 aromatic heterocycles. The molecule has 0 atom stereocenters. The molecule has 0 aliphatic carbocycles. The van der Waals surface area contributed by atoms with Crippen LogP contribution in [0.25, 0.3) is 0 Å². The molecule has 0 aromatic carbocycles. The molecule has 0 aromatic rings. The molecule has 4 heavy (non-hydrogen) atoms. The third-order valence-corrected chi connectivity index (χ3v) is 0.177. The van der Waals surface area contributed by atoms with Gasteiger partial charge in [-0.2, -0.15) is 0 Å². The summed E-state index contributed by atoms with van der Waals surface area (Å²) in [6.45, 7) is 4.73. The van der Waals surface area contributed by atoms with Gasteiger partial charge in [0.1, 0.15) is 1.37 Å². The minimum atomic E-state index is 0.0926. The molecule has 0 saturated heterocycles. The molecule has 0 fully saturated rings. The van der Waals surface area contributed by atoms with E-state index in [2.05, 4.69) is 6.58 Å². The molecule has 0 unspecified atom stereocenters. The summed E-state index contributed by atoms with van der Waals surface area (Å²) in [5.74, 6) is 0. The molecule has 0 bridgehead atoms. The molecular weight excluding hydrogens is 48.0 g/mol. The summed E-state index contributed by atoms with van der Waals surface area (Å²) in [5.41, 5.74) is 0. The van der Waals surface area contributed by atoms with Crippen LogP contribution < -0.4 is 0 Å². The topological polar surface area (TPSA) is 0 Å². The summed E-state index contributed by atoms with van der Waals surface area (Å²) in [5, 5.41) is 0. The number of allylic oxidation sites excluding steroid dienone is 1. The Labute approximate surface area is 30.0 Å². The summed E-state index contributed by atoms with van der Waals surface area (Å²) in [6, 6.07) is 0.0926. The highest BCUT2D eigenvalue weighted by molar-refractivity contribution is 4.80. The van der Waals surface area contributed by atoms with Gasteiger partial charge in [-0.1, -0.05) is 0 Å². The fraction of sp³-hybridized carbons (Fsp3) is 0.250. The van der Waals surface area contributed by atoms with Crippen molar-refractivity contribution in [1.82, 2.24) is 0 Å². The lowest BCUT2D eigenvalue weighted by molar-refractivity contribution is 1.57. The predicted molar refractivity (Wildman–Crippen MR) is 20.2 cm³/mol. The quantitative estimate of drug-likeness (QED) is 0.399. The largest absolute Gasteiger partial charge is 0.192 e. The van der Waals surface area contributed by atoms with Crippen LogP contribution >= 0.6 is 0 Å². The van der Waals surface area contributed by atoms with Crippen molar-refractivity contribution in [2.45, 2.75) is 6.92 Å². The first-order chi connectivity index (χ1) is 2.64. The van der Waals surface area contributed by atoms with E-state index in [1.807, 2.05) is 0 Å². The van der Waals surface area contributed by atoms with Gasteiger partial charge < -0.3 is 0 Å². The maximum absolute atomic E-state index is 6.66. The first kappa shape index (κ1) is 1.16. The predicted octanol–water partition coefficient (Wildman–Crippen LogP) is 1.40. The van der Waals surface area contributed by atoms with E-state index >= 15 is 0 Å². The average Bonchev–Trinajstić information content (AvgIpc) is 1.36. The van der Waals surface area contributed by atoms with Crippen molar-refractivity contribution < 1.29 is 2.74 Å². The Morgan fingerprint density at radius 3 is 3.00 bits per heavy atom. The van der Waals surface area contributed by atoms with E-state index in [4.69, 9.17) is 2.74 Å². The normalized spacial score (nSPS) is 12.2. The van der Waals surface area contributed by atoms with Gasteiger partial charge in [0.25, 0.3) is 0 Å². The van der Waals surface area contributed by atoms with Crippen molar-refractivity contribution in [2.24, 2.45) is 0 Å².